The van der Waals surface area contributed by atoms with Gasteiger partial charge in [0.1, 0.15) is 5.82 Å². The molecule has 140 valence electrons. The molecule has 5 nitrogen and oxygen atoms in total. The van der Waals surface area contributed by atoms with Crippen LogP contribution in [0.3, 0.4) is 0 Å². The fourth-order valence-electron chi connectivity index (χ4n) is 2.53. The second-order valence-corrected chi connectivity index (χ2v) is 7.93. The van der Waals surface area contributed by atoms with Gasteiger partial charge >= 0.3 is 6.03 Å². The Labute approximate surface area is 164 Å². The van der Waals surface area contributed by atoms with Crippen molar-refractivity contribution in [1.29, 1.82) is 0 Å². The summed E-state index contributed by atoms with van der Waals surface area (Å²) in [7, 11) is 0. The van der Waals surface area contributed by atoms with Gasteiger partial charge in [-0.15, -0.1) is 0 Å². The molecule has 2 aromatic carbocycles. The van der Waals surface area contributed by atoms with Crippen LogP contribution in [0.1, 0.15) is 32.0 Å². The van der Waals surface area contributed by atoms with Gasteiger partial charge in [0.2, 0.25) is 0 Å². The smallest absolute Gasteiger partial charge is 0.308 e. The average Bonchev–Trinajstić information content (AvgIpc) is 3.02. The van der Waals surface area contributed by atoms with E-state index in [0.29, 0.717) is 16.5 Å². The lowest BCUT2D eigenvalue weighted by molar-refractivity contribution is 0.262. The van der Waals surface area contributed by atoms with Gasteiger partial charge < -0.3 is 5.32 Å². The summed E-state index contributed by atoms with van der Waals surface area (Å²) >= 11 is 5.88. The minimum absolute atomic E-state index is 0.140. The molecule has 0 unspecified atom stereocenters. The van der Waals surface area contributed by atoms with Crippen molar-refractivity contribution in [3.63, 3.8) is 0 Å². The summed E-state index contributed by atoms with van der Waals surface area (Å²) in [4.78, 5) is 12.5. The first-order valence-corrected chi connectivity index (χ1v) is 9.11. The van der Waals surface area contributed by atoms with Crippen LogP contribution in [0, 0.1) is 6.92 Å². The maximum absolute atomic E-state index is 12.5. The standard InChI is InChI=1S/C21H23ClN4O/c1-14-5-11-17(12-6-14)26-19(13-18(25-26)21(2,3)4)24-20(27)23-16-9-7-15(22)8-10-16/h5-13H,1-4H3,(H2,23,24,27). The number of aryl methyl sites for hydroxylation is 1. The van der Waals surface area contributed by atoms with E-state index in [1.807, 2.05) is 37.3 Å². The fourth-order valence-corrected chi connectivity index (χ4v) is 2.66. The van der Waals surface area contributed by atoms with Gasteiger partial charge in [-0.2, -0.15) is 5.10 Å². The second-order valence-electron chi connectivity index (χ2n) is 7.50. The van der Waals surface area contributed by atoms with Gasteiger partial charge in [0.15, 0.2) is 0 Å². The highest BCUT2D eigenvalue weighted by atomic mass is 35.5. The number of nitrogens with one attached hydrogen (secondary N) is 2. The molecule has 0 spiro atoms. The molecule has 2 amide bonds. The zero-order valence-electron chi connectivity index (χ0n) is 15.9. The van der Waals surface area contributed by atoms with Crippen molar-refractivity contribution in [3.8, 4) is 5.69 Å². The molecule has 0 aliphatic rings. The van der Waals surface area contributed by atoms with E-state index in [1.54, 1.807) is 28.9 Å². The average molecular weight is 383 g/mol. The van der Waals surface area contributed by atoms with Crippen molar-refractivity contribution >= 4 is 29.1 Å². The van der Waals surface area contributed by atoms with Crippen molar-refractivity contribution in [3.05, 3.63) is 70.9 Å². The molecule has 6 heteroatoms. The molecular formula is C21H23ClN4O. The number of carbonyl (C=O) groups is 1. The van der Waals surface area contributed by atoms with Gasteiger partial charge in [0, 0.05) is 22.2 Å². The first-order chi connectivity index (χ1) is 12.7. The van der Waals surface area contributed by atoms with Crippen LogP contribution in [0.15, 0.2) is 54.6 Å². The highest BCUT2D eigenvalue weighted by Crippen LogP contribution is 2.26. The predicted octanol–water partition coefficient (Wildman–Crippen LogP) is 5.78. The Morgan fingerprint density at radius 1 is 1.00 bits per heavy atom. The van der Waals surface area contributed by atoms with Crippen LogP contribution in [0.2, 0.25) is 5.02 Å². The molecule has 1 aromatic heterocycles. The number of nitrogens with zero attached hydrogens (tertiary/aromatic N) is 2. The summed E-state index contributed by atoms with van der Waals surface area (Å²) in [6.45, 7) is 8.30. The predicted molar refractivity (Wildman–Crippen MR) is 111 cm³/mol. The lowest BCUT2D eigenvalue weighted by Crippen LogP contribution is -2.21. The Bertz CT molecular complexity index is 938. The number of anilines is 2. The van der Waals surface area contributed by atoms with Crippen molar-refractivity contribution in [1.82, 2.24) is 9.78 Å². The summed E-state index contributed by atoms with van der Waals surface area (Å²) in [6.07, 6.45) is 0. The molecule has 0 aliphatic heterocycles. The third-order valence-electron chi connectivity index (χ3n) is 4.10. The normalized spacial score (nSPS) is 11.3. The maximum Gasteiger partial charge on any atom is 0.324 e. The molecule has 0 bridgehead atoms. The van der Waals surface area contributed by atoms with Gasteiger partial charge in [-0.05, 0) is 43.3 Å². The number of amides is 2. The fraction of sp³-hybridized carbons (Fsp3) is 0.238. The molecule has 0 saturated heterocycles. The highest BCUT2D eigenvalue weighted by Gasteiger charge is 2.21. The highest BCUT2D eigenvalue weighted by molar-refractivity contribution is 6.30. The molecule has 27 heavy (non-hydrogen) atoms. The van der Waals surface area contributed by atoms with E-state index in [-0.39, 0.29) is 11.4 Å². The Hall–Kier alpha value is -2.79. The zero-order valence-corrected chi connectivity index (χ0v) is 16.6. The van der Waals surface area contributed by atoms with Gasteiger partial charge in [-0.3, -0.25) is 5.32 Å². The number of hydrogen-bond donors (Lipinski definition) is 2. The second kappa shape index (κ2) is 7.45. The van der Waals surface area contributed by atoms with Gasteiger partial charge in [0.25, 0.3) is 0 Å². The summed E-state index contributed by atoms with van der Waals surface area (Å²) in [5, 5.41) is 11.0. The van der Waals surface area contributed by atoms with Crippen molar-refractivity contribution < 1.29 is 4.79 Å². The molecule has 0 radical (unpaired) electrons. The molecule has 0 atom stereocenters. The lowest BCUT2D eigenvalue weighted by atomic mass is 9.92. The Morgan fingerprint density at radius 3 is 2.22 bits per heavy atom. The summed E-state index contributed by atoms with van der Waals surface area (Å²) in [6, 6.07) is 16.5. The quantitative estimate of drug-likeness (QED) is 0.603. The third kappa shape index (κ3) is 4.68. The van der Waals surface area contributed by atoms with Gasteiger partial charge in [0.05, 0.1) is 11.4 Å². The molecular weight excluding hydrogens is 360 g/mol. The number of benzene rings is 2. The molecule has 2 N–H and O–H groups in total. The number of carbonyl (C=O) groups excluding carboxylic acids is 1. The van der Waals surface area contributed by atoms with E-state index in [2.05, 4.69) is 31.4 Å². The molecule has 0 fully saturated rings. The van der Waals surface area contributed by atoms with Gasteiger partial charge in [-0.25, -0.2) is 9.48 Å². The lowest BCUT2D eigenvalue weighted by Gasteiger charge is -2.14. The monoisotopic (exact) mass is 382 g/mol. The summed E-state index contributed by atoms with van der Waals surface area (Å²) < 4.78 is 1.75. The van der Waals surface area contributed by atoms with E-state index in [9.17, 15) is 4.79 Å². The van der Waals surface area contributed by atoms with E-state index >= 15 is 0 Å². The number of hydrogen-bond acceptors (Lipinski definition) is 2. The van der Waals surface area contributed by atoms with E-state index in [1.165, 1.54) is 0 Å². The van der Waals surface area contributed by atoms with Crippen molar-refractivity contribution in [2.75, 3.05) is 10.6 Å². The molecule has 0 saturated carbocycles. The number of halogens is 1. The van der Waals surface area contributed by atoms with E-state index < -0.39 is 0 Å². The van der Waals surface area contributed by atoms with Crippen LogP contribution < -0.4 is 10.6 Å². The Balaban J connectivity index is 1.88. The number of rotatable bonds is 3. The van der Waals surface area contributed by atoms with E-state index in [4.69, 9.17) is 16.7 Å². The minimum Gasteiger partial charge on any atom is -0.308 e. The molecule has 0 aliphatic carbocycles. The van der Waals surface area contributed by atoms with Crippen LogP contribution in [0.4, 0.5) is 16.3 Å². The summed E-state index contributed by atoms with van der Waals surface area (Å²) in [5.41, 5.74) is 3.47. The first kappa shape index (κ1) is 19.0. The molecule has 1 heterocycles. The molecule has 3 rings (SSSR count). The number of aromatic nitrogens is 2. The largest absolute Gasteiger partial charge is 0.324 e. The van der Waals surface area contributed by atoms with Crippen LogP contribution in [-0.2, 0) is 5.41 Å². The zero-order chi connectivity index (χ0) is 19.6. The Morgan fingerprint density at radius 2 is 1.63 bits per heavy atom. The number of urea groups is 1. The summed E-state index contributed by atoms with van der Waals surface area (Å²) in [5.74, 6) is 0.607. The van der Waals surface area contributed by atoms with Crippen LogP contribution in [-0.4, -0.2) is 15.8 Å². The van der Waals surface area contributed by atoms with Crippen molar-refractivity contribution in [2.24, 2.45) is 0 Å². The third-order valence-corrected chi connectivity index (χ3v) is 4.35. The topological polar surface area (TPSA) is 59.0 Å². The molecule has 3 aromatic rings. The van der Waals surface area contributed by atoms with Crippen LogP contribution in [0.5, 0.6) is 0 Å². The SMILES string of the molecule is Cc1ccc(-n2nc(C(C)(C)C)cc2NC(=O)Nc2ccc(Cl)cc2)cc1. The van der Waals surface area contributed by atoms with Crippen LogP contribution in [0.25, 0.3) is 5.69 Å². The maximum atomic E-state index is 12.5. The van der Waals surface area contributed by atoms with E-state index in [0.717, 1.165) is 16.9 Å². The Kier molecular flexibility index (Phi) is 5.24. The van der Waals surface area contributed by atoms with Crippen LogP contribution >= 0.6 is 11.6 Å². The van der Waals surface area contributed by atoms with Crippen molar-refractivity contribution in [2.45, 2.75) is 33.1 Å². The minimum atomic E-state index is -0.342. The van der Waals surface area contributed by atoms with Gasteiger partial charge in [-0.1, -0.05) is 50.1 Å². The first-order valence-electron chi connectivity index (χ1n) is 8.73.